The molecule has 0 fully saturated rings. The van der Waals surface area contributed by atoms with Crippen LogP contribution in [-0.2, 0) is 6.54 Å². The van der Waals surface area contributed by atoms with Gasteiger partial charge in [0.25, 0.3) is 0 Å². The number of hydrogen-bond acceptors (Lipinski definition) is 2. The van der Waals surface area contributed by atoms with Crippen LogP contribution in [0.5, 0.6) is 11.5 Å². The van der Waals surface area contributed by atoms with E-state index in [4.69, 9.17) is 16.3 Å². The Hall–Kier alpha value is -1.58. The smallest absolute Gasteiger partial charge is 0.165 e. The van der Waals surface area contributed by atoms with Gasteiger partial charge in [0.15, 0.2) is 11.6 Å². The van der Waals surface area contributed by atoms with Crippen LogP contribution >= 0.6 is 11.6 Å². The van der Waals surface area contributed by atoms with E-state index in [1.54, 1.807) is 30.3 Å². The summed E-state index contributed by atoms with van der Waals surface area (Å²) in [7, 11) is 0. The van der Waals surface area contributed by atoms with Crippen molar-refractivity contribution in [1.82, 2.24) is 5.32 Å². The predicted molar refractivity (Wildman–Crippen MR) is 79.9 cm³/mol. The summed E-state index contributed by atoms with van der Waals surface area (Å²) < 4.78 is 19.3. The first-order valence-electron chi connectivity index (χ1n) is 6.50. The zero-order valence-electron chi connectivity index (χ0n) is 11.5. The summed E-state index contributed by atoms with van der Waals surface area (Å²) in [6, 6.07) is 12.0. The van der Waals surface area contributed by atoms with Crippen molar-refractivity contribution in [1.29, 1.82) is 0 Å². The van der Waals surface area contributed by atoms with E-state index in [1.165, 1.54) is 6.07 Å². The molecule has 0 aromatic heterocycles. The quantitative estimate of drug-likeness (QED) is 0.857. The first-order valence-corrected chi connectivity index (χ1v) is 6.88. The van der Waals surface area contributed by atoms with Gasteiger partial charge >= 0.3 is 0 Å². The molecule has 0 spiro atoms. The third-order valence-corrected chi connectivity index (χ3v) is 3.01. The second-order valence-corrected chi connectivity index (χ2v) is 5.26. The standard InChI is InChI=1S/C16H17ClFNO/c1-11(2)19-10-12-9-13(17)7-8-15(12)20-16-6-4-3-5-14(16)18/h3-9,11,19H,10H2,1-2H3. The van der Waals surface area contributed by atoms with Gasteiger partial charge in [0.1, 0.15) is 5.75 Å². The van der Waals surface area contributed by atoms with Crippen LogP contribution in [0.25, 0.3) is 0 Å². The molecule has 2 rings (SSSR count). The van der Waals surface area contributed by atoms with Crippen molar-refractivity contribution < 1.29 is 9.13 Å². The number of benzene rings is 2. The number of nitrogens with one attached hydrogen (secondary N) is 1. The molecule has 0 amide bonds. The largest absolute Gasteiger partial charge is 0.454 e. The molecule has 0 saturated heterocycles. The highest BCUT2D eigenvalue weighted by molar-refractivity contribution is 6.30. The van der Waals surface area contributed by atoms with Gasteiger partial charge in [-0.3, -0.25) is 0 Å². The number of rotatable bonds is 5. The Kier molecular flexibility index (Phi) is 4.99. The van der Waals surface area contributed by atoms with Gasteiger partial charge in [-0.25, -0.2) is 4.39 Å². The van der Waals surface area contributed by atoms with Crippen LogP contribution < -0.4 is 10.1 Å². The maximum absolute atomic E-state index is 13.6. The molecule has 2 nitrogen and oxygen atoms in total. The Labute approximate surface area is 123 Å². The first kappa shape index (κ1) is 14.8. The van der Waals surface area contributed by atoms with Crippen LogP contribution in [0.15, 0.2) is 42.5 Å². The predicted octanol–water partition coefficient (Wildman–Crippen LogP) is 4.77. The van der Waals surface area contributed by atoms with E-state index in [-0.39, 0.29) is 11.6 Å². The van der Waals surface area contributed by atoms with Crippen molar-refractivity contribution >= 4 is 11.6 Å². The average molecular weight is 294 g/mol. The van der Waals surface area contributed by atoms with Crippen molar-refractivity contribution in [2.75, 3.05) is 0 Å². The van der Waals surface area contributed by atoms with E-state index in [2.05, 4.69) is 19.2 Å². The highest BCUT2D eigenvalue weighted by atomic mass is 35.5. The normalized spacial score (nSPS) is 10.8. The lowest BCUT2D eigenvalue weighted by Crippen LogP contribution is -2.22. The Morgan fingerprint density at radius 1 is 1.15 bits per heavy atom. The van der Waals surface area contributed by atoms with Crippen LogP contribution in [0.2, 0.25) is 5.02 Å². The highest BCUT2D eigenvalue weighted by Crippen LogP contribution is 2.29. The molecule has 0 aliphatic rings. The molecule has 20 heavy (non-hydrogen) atoms. The van der Waals surface area contributed by atoms with E-state index >= 15 is 0 Å². The van der Waals surface area contributed by atoms with Gasteiger partial charge in [-0.2, -0.15) is 0 Å². The fourth-order valence-corrected chi connectivity index (χ4v) is 1.94. The molecule has 0 radical (unpaired) electrons. The van der Waals surface area contributed by atoms with Crippen LogP contribution in [0.4, 0.5) is 4.39 Å². The van der Waals surface area contributed by atoms with Gasteiger partial charge in [-0.15, -0.1) is 0 Å². The number of halogens is 2. The van der Waals surface area contributed by atoms with Gasteiger partial charge < -0.3 is 10.1 Å². The van der Waals surface area contributed by atoms with E-state index in [1.807, 2.05) is 6.07 Å². The minimum absolute atomic E-state index is 0.209. The topological polar surface area (TPSA) is 21.3 Å². The molecule has 0 heterocycles. The molecule has 1 N–H and O–H groups in total. The van der Waals surface area contributed by atoms with Crippen LogP contribution in [0.3, 0.4) is 0 Å². The Morgan fingerprint density at radius 2 is 1.90 bits per heavy atom. The molecule has 0 atom stereocenters. The Balaban J connectivity index is 2.24. The fourth-order valence-electron chi connectivity index (χ4n) is 1.75. The van der Waals surface area contributed by atoms with Crippen LogP contribution in [0, 0.1) is 5.82 Å². The maximum atomic E-state index is 13.6. The molecular formula is C16H17ClFNO. The number of hydrogen-bond donors (Lipinski definition) is 1. The Bertz CT molecular complexity index is 586. The minimum Gasteiger partial charge on any atom is -0.454 e. The monoisotopic (exact) mass is 293 g/mol. The molecule has 0 unspecified atom stereocenters. The number of ether oxygens (including phenoxy) is 1. The summed E-state index contributed by atoms with van der Waals surface area (Å²) in [4.78, 5) is 0. The van der Waals surface area contributed by atoms with Crippen molar-refractivity contribution in [3.63, 3.8) is 0 Å². The molecule has 0 aliphatic heterocycles. The zero-order chi connectivity index (χ0) is 14.5. The van der Waals surface area contributed by atoms with Crippen molar-refractivity contribution in [3.8, 4) is 11.5 Å². The highest BCUT2D eigenvalue weighted by Gasteiger charge is 2.09. The first-order chi connectivity index (χ1) is 9.56. The molecule has 2 aromatic carbocycles. The zero-order valence-corrected chi connectivity index (χ0v) is 12.2. The summed E-state index contributed by atoms with van der Waals surface area (Å²) in [5.41, 5.74) is 0.898. The van der Waals surface area contributed by atoms with E-state index in [9.17, 15) is 4.39 Å². The molecular weight excluding hydrogens is 277 g/mol. The fraction of sp³-hybridized carbons (Fsp3) is 0.250. The molecule has 0 aliphatic carbocycles. The van der Waals surface area contributed by atoms with Crippen LogP contribution in [0.1, 0.15) is 19.4 Å². The van der Waals surface area contributed by atoms with Gasteiger partial charge in [0, 0.05) is 23.2 Å². The van der Waals surface area contributed by atoms with E-state index in [0.29, 0.717) is 23.4 Å². The third-order valence-electron chi connectivity index (χ3n) is 2.78. The minimum atomic E-state index is -0.384. The Morgan fingerprint density at radius 3 is 2.60 bits per heavy atom. The summed E-state index contributed by atoms with van der Waals surface area (Å²) in [6.45, 7) is 4.73. The average Bonchev–Trinajstić information content (AvgIpc) is 2.41. The van der Waals surface area contributed by atoms with Crippen molar-refractivity contribution in [2.24, 2.45) is 0 Å². The summed E-state index contributed by atoms with van der Waals surface area (Å²) >= 11 is 6.01. The lowest BCUT2D eigenvalue weighted by molar-refractivity contribution is 0.434. The molecule has 2 aromatic rings. The third kappa shape index (κ3) is 3.95. The lowest BCUT2D eigenvalue weighted by atomic mass is 10.2. The van der Waals surface area contributed by atoms with Crippen molar-refractivity contribution in [3.05, 3.63) is 58.9 Å². The van der Waals surface area contributed by atoms with Gasteiger partial charge in [-0.1, -0.05) is 37.6 Å². The van der Waals surface area contributed by atoms with Crippen LogP contribution in [-0.4, -0.2) is 6.04 Å². The number of para-hydroxylation sites is 1. The molecule has 4 heteroatoms. The van der Waals surface area contributed by atoms with E-state index in [0.717, 1.165) is 5.56 Å². The van der Waals surface area contributed by atoms with E-state index < -0.39 is 0 Å². The molecule has 0 saturated carbocycles. The molecule has 106 valence electrons. The summed E-state index contributed by atoms with van der Waals surface area (Å²) in [5.74, 6) is 0.429. The van der Waals surface area contributed by atoms with Crippen molar-refractivity contribution in [2.45, 2.75) is 26.4 Å². The maximum Gasteiger partial charge on any atom is 0.165 e. The van der Waals surface area contributed by atoms with Gasteiger partial charge in [-0.05, 0) is 30.3 Å². The molecule has 0 bridgehead atoms. The van der Waals surface area contributed by atoms with Gasteiger partial charge in [0.2, 0.25) is 0 Å². The lowest BCUT2D eigenvalue weighted by Gasteiger charge is -2.14. The SMILES string of the molecule is CC(C)NCc1cc(Cl)ccc1Oc1ccccc1F. The summed E-state index contributed by atoms with van der Waals surface area (Å²) in [6.07, 6.45) is 0. The second kappa shape index (κ2) is 6.73. The second-order valence-electron chi connectivity index (χ2n) is 4.82. The summed E-state index contributed by atoms with van der Waals surface area (Å²) in [5, 5.41) is 3.93. The van der Waals surface area contributed by atoms with Gasteiger partial charge in [0.05, 0.1) is 0 Å².